The monoisotopic (exact) mass is 303 g/mol. The molecule has 7 heteroatoms. The predicted octanol–water partition coefficient (Wildman–Crippen LogP) is 4.46. The lowest BCUT2D eigenvalue weighted by molar-refractivity contribution is -0.0522. The summed E-state index contributed by atoms with van der Waals surface area (Å²) in [5, 5.41) is 0.423. The number of nitrogens with two attached hydrogens (primary N) is 1. The van der Waals surface area contributed by atoms with Crippen molar-refractivity contribution in [2.24, 2.45) is 0 Å². The van der Waals surface area contributed by atoms with Crippen LogP contribution < -0.4 is 15.2 Å². The average molecular weight is 304 g/mol. The molecule has 0 unspecified atom stereocenters. The molecule has 106 valence electrons. The number of nitrogen functional groups attached to an aromatic ring is 1. The van der Waals surface area contributed by atoms with Crippen LogP contribution in [0.5, 0.6) is 17.2 Å². The Balaban J connectivity index is 2.31. The van der Waals surface area contributed by atoms with Crippen molar-refractivity contribution in [3.63, 3.8) is 0 Å². The number of benzene rings is 2. The molecule has 0 spiro atoms. The molecular formula is C13H9ClF3NO2. The number of hydrogen-bond donors (Lipinski definition) is 1. The normalized spacial score (nSPS) is 10.7. The van der Waals surface area contributed by atoms with Crippen molar-refractivity contribution >= 4 is 17.3 Å². The SMILES string of the molecule is Nc1cc(F)c(OC(F)F)cc1Oc1cccc(Cl)c1. The van der Waals surface area contributed by atoms with E-state index in [-0.39, 0.29) is 11.4 Å². The van der Waals surface area contributed by atoms with Gasteiger partial charge in [0.05, 0.1) is 5.69 Å². The first-order chi connectivity index (χ1) is 9.45. The molecule has 2 aromatic rings. The van der Waals surface area contributed by atoms with Crippen molar-refractivity contribution in [3.05, 3.63) is 47.2 Å². The topological polar surface area (TPSA) is 44.5 Å². The van der Waals surface area contributed by atoms with Crippen molar-refractivity contribution in [3.8, 4) is 17.2 Å². The second-order valence-corrected chi connectivity index (χ2v) is 4.19. The molecule has 0 fully saturated rings. The van der Waals surface area contributed by atoms with Gasteiger partial charge in [-0.1, -0.05) is 17.7 Å². The van der Waals surface area contributed by atoms with E-state index >= 15 is 0 Å². The van der Waals surface area contributed by atoms with Gasteiger partial charge in [-0.05, 0) is 18.2 Å². The van der Waals surface area contributed by atoms with Crippen LogP contribution in [0.25, 0.3) is 0 Å². The van der Waals surface area contributed by atoms with Gasteiger partial charge >= 0.3 is 6.61 Å². The summed E-state index contributed by atoms with van der Waals surface area (Å²) >= 11 is 5.78. The van der Waals surface area contributed by atoms with Crippen LogP contribution in [-0.2, 0) is 0 Å². The van der Waals surface area contributed by atoms with E-state index in [0.717, 1.165) is 12.1 Å². The minimum Gasteiger partial charge on any atom is -0.455 e. The number of hydrogen-bond acceptors (Lipinski definition) is 3. The molecule has 0 aliphatic heterocycles. The molecule has 0 bridgehead atoms. The molecule has 0 saturated heterocycles. The Morgan fingerprint density at radius 3 is 2.50 bits per heavy atom. The molecule has 0 atom stereocenters. The fourth-order valence-electron chi connectivity index (χ4n) is 1.48. The predicted molar refractivity (Wildman–Crippen MR) is 69.0 cm³/mol. The highest BCUT2D eigenvalue weighted by Crippen LogP contribution is 2.34. The first-order valence-electron chi connectivity index (χ1n) is 5.43. The van der Waals surface area contributed by atoms with Crippen molar-refractivity contribution in [2.45, 2.75) is 6.61 Å². The van der Waals surface area contributed by atoms with Crippen molar-refractivity contribution in [1.82, 2.24) is 0 Å². The zero-order chi connectivity index (χ0) is 14.7. The second kappa shape index (κ2) is 5.92. The van der Waals surface area contributed by atoms with Gasteiger partial charge < -0.3 is 15.2 Å². The summed E-state index contributed by atoms with van der Waals surface area (Å²) in [5.41, 5.74) is 5.51. The Morgan fingerprint density at radius 2 is 1.85 bits per heavy atom. The smallest absolute Gasteiger partial charge is 0.387 e. The molecule has 0 aliphatic carbocycles. The van der Waals surface area contributed by atoms with Crippen LogP contribution in [0.2, 0.25) is 5.02 Å². The zero-order valence-electron chi connectivity index (χ0n) is 9.95. The van der Waals surface area contributed by atoms with E-state index in [1.54, 1.807) is 18.2 Å². The zero-order valence-corrected chi connectivity index (χ0v) is 10.7. The van der Waals surface area contributed by atoms with Crippen LogP contribution in [0.3, 0.4) is 0 Å². The molecule has 2 aromatic carbocycles. The van der Waals surface area contributed by atoms with Crippen molar-refractivity contribution in [1.29, 1.82) is 0 Å². The molecule has 2 N–H and O–H groups in total. The van der Waals surface area contributed by atoms with E-state index in [2.05, 4.69) is 4.74 Å². The minimum absolute atomic E-state index is 0.00989. The van der Waals surface area contributed by atoms with Crippen LogP contribution in [-0.4, -0.2) is 6.61 Å². The summed E-state index contributed by atoms with van der Waals surface area (Å²) in [5.74, 6) is -1.32. The van der Waals surface area contributed by atoms with E-state index in [1.807, 2.05) is 0 Å². The molecule has 2 rings (SSSR count). The summed E-state index contributed by atoms with van der Waals surface area (Å²) in [6.07, 6.45) is 0. The maximum absolute atomic E-state index is 13.4. The van der Waals surface area contributed by atoms with Gasteiger partial charge in [0.15, 0.2) is 17.3 Å². The lowest BCUT2D eigenvalue weighted by Gasteiger charge is -2.12. The fraction of sp³-hybridized carbons (Fsp3) is 0.0769. The van der Waals surface area contributed by atoms with E-state index in [4.69, 9.17) is 22.1 Å². The largest absolute Gasteiger partial charge is 0.455 e. The Kier molecular flexibility index (Phi) is 4.24. The van der Waals surface area contributed by atoms with Gasteiger partial charge in [0, 0.05) is 17.2 Å². The van der Waals surface area contributed by atoms with Gasteiger partial charge in [0.1, 0.15) is 5.75 Å². The van der Waals surface area contributed by atoms with Crippen molar-refractivity contribution < 1.29 is 22.6 Å². The molecule has 0 aromatic heterocycles. The van der Waals surface area contributed by atoms with E-state index < -0.39 is 18.2 Å². The Morgan fingerprint density at radius 1 is 1.10 bits per heavy atom. The quantitative estimate of drug-likeness (QED) is 0.848. The van der Waals surface area contributed by atoms with Crippen molar-refractivity contribution in [2.75, 3.05) is 5.73 Å². The minimum atomic E-state index is -3.15. The Labute approximate surface area is 117 Å². The maximum Gasteiger partial charge on any atom is 0.387 e. The second-order valence-electron chi connectivity index (χ2n) is 3.76. The van der Waals surface area contributed by atoms with E-state index in [1.165, 1.54) is 6.07 Å². The first kappa shape index (κ1) is 14.3. The molecule has 20 heavy (non-hydrogen) atoms. The Hall–Kier alpha value is -2.08. The van der Waals surface area contributed by atoms with Gasteiger partial charge in [-0.25, -0.2) is 4.39 Å². The van der Waals surface area contributed by atoms with Crippen LogP contribution >= 0.6 is 11.6 Å². The van der Waals surface area contributed by atoms with Crippen LogP contribution in [0.1, 0.15) is 0 Å². The van der Waals surface area contributed by atoms with Gasteiger partial charge in [-0.3, -0.25) is 0 Å². The summed E-state index contributed by atoms with van der Waals surface area (Å²) < 4.78 is 47.0. The number of halogens is 4. The van der Waals surface area contributed by atoms with E-state index in [0.29, 0.717) is 10.8 Å². The number of ether oxygens (including phenoxy) is 2. The number of alkyl halides is 2. The van der Waals surface area contributed by atoms with Gasteiger partial charge in [0.25, 0.3) is 0 Å². The van der Waals surface area contributed by atoms with Crippen LogP contribution in [0.15, 0.2) is 36.4 Å². The maximum atomic E-state index is 13.4. The molecule has 0 amide bonds. The molecule has 3 nitrogen and oxygen atoms in total. The molecular weight excluding hydrogens is 295 g/mol. The summed E-state index contributed by atoms with van der Waals surface area (Å²) in [6.45, 7) is -3.15. The molecule has 0 heterocycles. The van der Waals surface area contributed by atoms with Gasteiger partial charge in [-0.15, -0.1) is 0 Å². The lowest BCUT2D eigenvalue weighted by Crippen LogP contribution is -2.05. The average Bonchev–Trinajstić information content (AvgIpc) is 2.34. The highest BCUT2D eigenvalue weighted by Gasteiger charge is 2.14. The highest BCUT2D eigenvalue weighted by molar-refractivity contribution is 6.30. The van der Waals surface area contributed by atoms with Gasteiger partial charge in [0.2, 0.25) is 0 Å². The van der Waals surface area contributed by atoms with Crippen LogP contribution in [0, 0.1) is 5.82 Å². The standard InChI is InChI=1S/C13H9ClF3NO2/c14-7-2-1-3-8(4-7)19-12-6-11(20-13(16)17)9(15)5-10(12)18/h1-6,13H,18H2. The summed E-state index contributed by atoms with van der Waals surface area (Å²) in [6, 6.07) is 8.15. The number of anilines is 1. The highest BCUT2D eigenvalue weighted by atomic mass is 35.5. The van der Waals surface area contributed by atoms with Crippen LogP contribution in [0.4, 0.5) is 18.9 Å². The Bertz CT molecular complexity index is 623. The molecule has 0 saturated carbocycles. The summed E-state index contributed by atoms with van der Waals surface area (Å²) in [7, 11) is 0. The third-order valence-electron chi connectivity index (χ3n) is 2.30. The third kappa shape index (κ3) is 3.48. The lowest BCUT2D eigenvalue weighted by atomic mass is 10.2. The summed E-state index contributed by atoms with van der Waals surface area (Å²) in [4.78, 5) is 0. The molecule has 0 radical (unpaired) electrons. The first-order valence-corrected chi connectivity index (χ1v) is 5.81. The van der Waals surface area contributed by atoms with Gasteiger partial charge in [-0.2, -0.15) is 8.78 Å². The van der Waals surface area contributed by atoms with E-state index in [9.17, 15) is 13.2 Å². The number of rotatable bonds is 4. The molecule has 0 aliphatic rings. The third-order valence-corrected chi connectivity index (χ3v) is 2.54. The fourth-order valence-corrected chi connectivity index (χ4v) is 1.66.